The van der Waals surface area contributed by atoms with Gasteiger partial charge in [0.1, 0.15) is 12.6 Å². The van der Waals surface area contributed by atoms with Crippen molar-refractivity contribution in [2.75, 3.05) is 6.54 Å². The Hall–Kier alpha value is -2.81. The molecule has 1 atom stereocenters. The highest BCUT2D eigenvalue weighted by atomic mass is 16.2. The fourth-order valence-electron chi connectivity index (χ4n) is 2.22. The second-order valence-electron chi connectivity index (χ2n) is 4.69. The van der Waals surface area contributed by atoms with Gasteiger partial charge in [0.2, 0.25) is 11.8 Å². The molecule has 1 heterocycles. The van der Waals surface area contributed by atoms with Crippen molar-refractivity contribution in [2.24, 2.45) is 0 Å². The molecule has 6 heteroatoms. The van der Waals surface area contributed by atoms with Gasteiger partial charge in [-0.05, 0) is 11.6 Å². The lowest BCUT2D eigenvalue weighted by molar-refractivity contribution is -0.127. The molecule has 6 nitrogen and oxygen atoms in total. The Kier molecular flexibility index (Phi) is 4.57. The number of carbonyl (C=O) groups excluding carboxylic acids is 2. The molecule has 0 aliphatic heterocycles. The van der Waals surface area contributed by atoms with Crippen LogP contribution in [0, 0.1) is 11.3 Å². The Bertz CT molecular complexity index is 699. The van der Waals surface area contributed by atoms with Gasteiger partial charge in [-0.1, -0.05) is 18.2 Å². The molecule has 1 aromatic carbocycles. The fourth-order valence-corrected chi connectivity index (χ4v) is 2.22. The van der Waals surface area contributed by atoms with Crippen molar-refractivity contribution in [2.45, 2.75) is 19.4 Å². The third-order valence-corrected chi connectivity index (χ3v) is 3.13. The SMILES string of the molecule is CC(=O)NC(Cc1c[nH]c2ccccc12)C(=O)NCC#N. The molecule has 0 fully saturated rings. The molecule has 1 aromatic heterocycles. The van der Waals surface area contributed by atoms with Crippen LogP contribution < -0.4 is 10.6 Å². The first-order chi connectivity index (χ1) is 10.1. The molecule has 1 unspecified atom stereocenters. The largest absolute Gasteiger partial charge is 0.361 e. The standard InChI is InChI=1S/C15H16N4O2/c1-10(20)19-14(15(21)17-7-6-16)8-11-9-18-13-5-3-2-4-12(11)13/h2-5,9,14,18H,7-8H2,1H3,(H,17,21)(H,19,20). The van der Waals surface area contributed by atoms with Crippen LogP contribution in [0.15, 0.2) is 30.5 Å². The lowest BCUT2D eigenvalue weighted by Crippen LogP contribution is -2.47. The van der Waals surface area contributed by atoms with Crippen molar-refractivity contribution in [1.29, 1.82) is 5.26 Å². The summed E-state index contributed by atoms with van der Waals surface area (Å²) in [5.41, 5.74) is 1.92. The quantitative estimate of drug-likeness (QED) is 0.710. The van der Waals surface area contributed by atoms with Crippen LogP contribution in [0.1, 0.15) is 12.5 Å². The van der Waals surface area contributed by atoms with Gasteiger partial charge in [0.25, 0.3) is 0 Å². The van der Waals surface area contributed by atoms with Crippen LogP contribution in [0.3, 0.4) is 0 Å². The number of carbonyl (C=O) groups is 2. The number of rotatable bonds is 5. The first kappa shape index (κ1) is 14.6. The van der Waals surface area contributed by atoms with Crippen molar-refractivity contribution < 1.29 is 9.59 Å². The van der Waals surface area contributed by atoms with Gasteiger partial charge < -0.3 is 15.6 Å². The number of H-pyrrole nitrogens is 1. The molecule has 0 saturated heterocycles. The molecule has 0 radical (unpaired) electrons. The second-order valence-corrected chi connectivity index (χ2v) is 4.69. The number of hydrogen-bond donors (Lipinski definition) is 3. The Morgan fingerprint density at radius 1 is 1.38 bits per heavy atom. The summed E-state index contributed by atoms with van der Waals surface area (Å²) in [5, 5.41) is 14.6. The monoisotopic (exact) mass is 284 g/mol. The van der Waals surface area contributed by atoms with E-state index in [1.165, 1.54) is 6.92 Å². The number of para-hydroxylation sites is 1. The van der Waals surface area contributed by atoms with Crippen LogP contribution in [-0.2, 0) is 16.0 Å². The van der Waals surface area contributed by atoms with E-state index in [0.29, 0.717) is 6.42 Å². The van der Waals surface area contributed by atoms with Crippen molar-refractivity contribution >= 4 is 22.7 Å². The minimum absolute atomic E-state index is 0.0806. The topological polar surface area (TPSA) is 97.8 Å². The molecule has 0 aliphatic rings. The predicted molar refractivity (Wildman–Crippen MR) is 78.2 cm³/mol. The van der Waals surface area contributed by atoms with Gasteiger partial charge in [0.05, 0.1) is 6.07 Å². The molecule has 3 N–H and O–H groups in total. The van der Waals surface area contributed by atoms with Gasteiger partial charge in [0.15, 0.2) is 0 Å². The zero-order valence-corrected chi connectivity index (χ0v) is 11.6. The molecule has 21 heavy (non-hydrogen) atoms. The average Bonchev–Trinajstić information content (AvgIpc) is 2.87. The van der Waals surface area contributed by atoms with E-state index in [-0.39, 0.29) is 18.4 Å². The van der Waals surface area contributed by atoms with Crippen LogP contribution in [0.25, 0.3) is 10.9 Å². The number of fused-ring (bicyclic) bond motifs is 1. The van der Waals surface area contributed by atoms with E-state index in [1.807, 2.05) is 36.5 Å². The summed E-state index contributed by atoms with van der Waals surface area (Å²) in [6.45, 7) is 1.28. The lowest BCUT2D eigenvalue weighted by atomic mass is 10.0. The highest BCUT2D eigenvalue weighted by molar-refractivity contribution is 5.89. The lowest BCUT2D eigenvalue weighted by Gasteiger charge is -2.16. The van der Waals surface area contributed by atoms with E-state index in [1.54, 1.807) is 0 Å². The average molecular weight is 284 g/mol. The summed E-state index contributed by atoms with van der Waals surface area (Å²) >= 11 is 0. The number of benzene rings is 1. The van der Waals surface area contributed by atoms with Crippen molar-refractivity contribution in [1.82, 2.24) is 15.6 Å². The Morgan fingerprint density at radius 3 is 2.86 bits per heavy atom. The minimum Gasteiger partial charge on any atom is -0.361 e. The predicted octanol–water partition coefficient (Wildman–Crippen LogP) is 0.855. The van der Waals surface area contributed by atoms with Crippen LogP contribution in [-0.4, -0.2) is 29.4 Å². The minimum atomic E-state index is -0.699. The maximum absolute atomic E-state index is 12.0. The fraction of sp³-hybridized carbons (Fsp3) is 0.267. The maximum atomic E-state index is 12.0. The Morgan fingerprint density at radius 2 is 2.14 bits per heavy atom. The van der Waals surface area contributed by atoms with Gasteiger partial charge in [-0.2, -0.15) is 5.26 Å². The van der Waals surface area contributed by atoms with Crippen molar-refractivity contribution in [3.05, 3.63) is 36.0 Å². The van der Waals surface area contributed by atoms with Crippen molar-refractivity contribution in [3.63, 3.8) is 0 Å². The number of aromatic nitrogens is 1. The highest BCUT2D eigenvalue weighted by Gasteiger charge is 2.20. The number of nitrogens with one attached hydrogen (secondary N) is 3. The molecule has 2 amide bonds. The van der Waals surface area contributed by atoms with E-state index < -0.39 is 6.04 Å². The molecular weight excluding hydrogens is 268 g/mol. The summed E-state index contributed by atoms with van der Waals surface area (Å²) in [7, 11) is 0. The molecule has 0 spiro atoms. The number of hydrogen-bond acceptors (Lipinski definition) is 3. The molecule has 2 aromatic rings. The van der Waals surface area contributed by atoms with E-state index in [9.17, 15) is 9.59 Å². The zero-order valence-electron chi connectivity index (χ0n) is 11.6. The maximum Gasteiger partial charge on any atom is 0.243 e. The molecule has 0 bridgehead atoms. The Labute approximate surface area is 122 Å². The van der Waals surface area contributed by atoms with Gasteiger partial charge >= 0.3 is 0 Å². The van der Waals surface area contributed by atoms with Crippen LogP contribution in [0.4, 0.5) is 0 Å². The summed E-state index contributed by atoms with van der Waals surface area (Å²) in [6, 6.07) is 8.89. The molecule has 2 rings (SSSR count). The van der Waals surface area contributed by atoms with Gasteiger partial charge in [0, 0.05) is 30.4 Å². The Balaban J connectivity index is 2.20. The molecule has 0 aliphatic carbocycles. The third kappa shape index (κ3) is 3.60. The van der Waals surface area contributed by atoms with Crippen LogP contribution in [0.2, 0.25) is 0 Å². The molecular formula is C15H16N4O2. The van der Waals surface area contributed by atoms with E-state index >= 15 is 0 Å². The summed E-state index contributed by atoms with van der Waals surface area (Å²) in [6.07, 6.45) is 2.19. The smallest absolute Gasteiger partial charge is 0.243 e. The molecule has 108 valence electrons. The number of aromatic amines is 1. The number of nitriles is 1. The zero-order chi connectivity index (χ0) is 15.2. The second kappa shape index (κ2) is 6.57. The first-order valence-corrected chi connectivity index (χ1v) is 6.58. The first-order valence-electron chi connectivity index (χ1n) is 6.58. The highest BCUT2D eigenvalue weighted by Crippen LogP contribution is 2.19. The van der Waals surface area contributed by atoms with Crippen LogP contribution >= 0.6 is 0 Å². The van der Waals surface area contributed by atoms with E-state index in [0.717, 1.165) is 16.5 Å². The van der Waals surface area contributed by atoms with Gasteiger partial charge in [-0.15, -0.1) is 0 Å². The van der Waals surface area contributed by atoms with Gasteiger partial charge in [-0.25, -0.2) is 0 Å². The van der Waals surface area contributed by atoms with E-state index in [2.05, 4.69) is 15.6 Å². The summed E-state index contributed by atoms with van der Waals surface area (Å²) < 4.78 is 0. The number of nitrogens with zero attached hydrogens (tertiary/aromatic N) is 1. The number of amides is 2. The van der Waals surface area contributed by atoms with Gasteiger partial charge in [-0.3, -0.25) is 9.59 Å². The van der Waals surface area contributed by atoms with Crippen LogP contribution in [0.5, 0.6) is 0 Å². The summed E-state index contributed by atoms with van der Waals surface area (Å²) in [4.78, 5) is 26.4. The normalized spacial score (nSPS) is 11.6. The summed E-state index contributed by atoms with van der Waals surface area (Å²) in [5.74, 6) is -0.649. The van der Waals surface area contributed by atoms with E-state index in [4.69, 9.17) is 5.26 Å². The van der Waals surface area contributed by atoms with Crippen molar-refractivity contribution in [3.8, 4) is 6.07 Å². The third-order valence-electron chi connectivity index (χ3n) is 3.13. The molecule has 0 saturated carbocycles.